The molecule has 98 valence electrons. The summed E-state index contributed by atoms with van der Waals surface area (Å²) in [7, 11) is 0. The topological polar surface area (TPSA) is 52.6 Å². The lowest BCUT2D eigenvalue weighted by Gasteiger charge is -2.36. The zero-order valence-electron chi connectivity index (χ0n) is 10.5. The molecule has 2 fully saturated rings. The fraction of sp³-hybridized carbons (Fsp3) is 0.923. The summed E-state index contributed by atoms with van der Waals surface area (Å²) in [4.78, 5) is 11.3. The summed E-state index contributed by atoms with van der Waals surface area (Å²) in [6.45, 7) is 0. The van der Waals surface area contributed by atoms with Crippen LogP contribution in [0.25, 0.3) is 0 Å². The smallest absolute Gasteiger partial charge is 0.422 e. The molecule has 0 aromatic heterocycles. The van der Waals surface area contributed by atoms with E-state index >= 15 is 0 Å². The average Bonchev–Trinajstić information content (AvgIpc) is 2.38. The molecule has 0 radical (unpaired) electrons. The molecule has 0 atom stereocenters. The molecule has 0 aromatic rings. The van der Waals surface area contributed by atoms with Gasteiger partial charge in [0.05, 0.1) is 6.04 Å². The Morgan fingerprint density at radius 2 is 1.47 bits per heavy atom. The number of hydrogen-bond donors (Lipinski definition) is 2. The van der Waals surface area contributed by atoms with Crippen LogP contribution in [0.15, 0.2) is 0 Å². The second-order valence-corrected chi connectivity index (χ2v) is 5.41. The van der Waals surface area contributed by atoms with Gasteiger partial charge in [-0.2, -0.15) is 0 Å². The Bertz CT molecular complexity index is 246. The molecule has 4 nitrogen and oxygen atoms in total. The van der Waals surface area contributed by atoms with Gasteiger partial charge in [-0.3, -0.25) is 0 Å². The third-order valence-electron chi connectivity index (χ3n) is 4.07. The molecule has 2 N–H and O–H groups in total. The van der Waals surface area contributed by atoms with Gasteiger partial charge in [-0.25, -0.2) is 15.2 Å². The number of nitrogens with zero attached hydrogens (tertiary/aromatic N) is 1. The molecule has 2 aliphatic rings. The highest BCUT2D eigenvalue weighted by Gasteiger charge is 2.27. The maximum atomic E-state index is 11.3. The van der Waals surface area contributed by atoms with Crippen molar-refractivity contribution in [3.05, 3.63) is 0 Å². The zero-order valence-corrected chi connectivity index (χ0v) is 10.5. The van der Waals surface area contributed by atoms with E-state index in [1.54, 1.807) is 0 Å². The molecule has 1 amide bonds. The van der Waals surface area contributed by atoms with Crippen molar-refractivity contribution in [1.82, 2.24) is 10.4 Å². The van der Waals surface area contributed by atoms with Gasteiger partial charge >= 0.3 is 6.09 Å². The number of nitrogens with one attached hydrogen (secondary N) is 1. The Morgan fingerprint density at radius 1 is 0.941 bits per heavy atom. The molecule has 0 bridgehead atoms. The largest absolute Gasteiger partial charge is 0.464 e. The van der Waals surface area contributed by atoms with Crippen LogP contribution in [0.4, 0.5) is 4.79 Å². The van der Waals surface area contributed by atoms with E-state index in [4.69, 9.17) is 0 Å². The predicted octanol–water partition coefficient (Wildman–Crippen LogP) is 3.14. The van der Waals surface area contributed by atoms with Gasteiger partial charge in [-0.15, -0.1) is 0 Å². The van der Waals surface area contributed by atoms with Crippen molar-refractivity contribution in [2.24, 2.45) is 0 Å². The second kappa shape index (κ2) is 6.24. The van der Waals surface area contributed by atoms with Crippen LogP contribution >= 0.6 is 0 Å². The zero-order chi connectivity index (χ0) is 12.1. The highest BCUT2D eigenvalue weighted by atomic mass is 16.4. The second-order valence-electron chi connectivity index (χ2n) is 5.41. The molecule has 2 rings (SSSR count). The van der Waals surface area contributed by atoms with E-state index in [2.05, 4.69) is 5.43 Å². The Hall–Kier alpha value is -0.770. The van der Waals surface area contributed by atoms with Crippen molar-refractivity contribution in [1.29, 1.82) is 0 Å². The SMILES string of the molecule is O=C(O)N(NC1CCCCC1)C1CCCCC1. The molecule has 0 aromatic carbocycles. The number of carbonyl (C=O) groups is 1. The molecule has 0 heterocycles. The van der Waals surface area contributed by atoms with Gasteiger partial charge in [0.1, 0.15) is 0 Å². The molecular formula is C13H24N2O2. The quantitative estimate of drug-likeness (QED) is 0.745. The summed E-state index contributed by atoms with van der Waals surface area (Å²) in [5, 5.41) is 10.8. The van der Waals surface area contributed by atoms with Crippen LogP contribution in [0, 0.1) is 0 Å². The summed E-state index contributed by atoms with van der Waals surface area (Å²) >= 11 is 0. The summed E-state index contributed by atoms with van der Waals surface area (Å²) in [5.74, 6) is 0. The van der Waals surface area contributed by atoms with Crippen LogP contribution in [-0.4, -0.2) is 28.3 Å². The van der Waals surface area contributed by atoms with Crippen molar-refractivity contribution in [2.45, 2.75) is 76.3 Å². The first-order valence-electron chi connectivity index (χ1n) is 7.05. The van der Waals surface area contributed by atoms with Crippen LogP contribution in [-0.2, 0) is 0 Å². The molecule has 0 saturated heterocycles. The Morgan fingerprint density at radius 3 is 2.00 bits per heavy atom. The molecule has 17 heavy (non-hydrogen) atoms. The summed E-state index contributed by atoms with van der Waals surface area (Å²) in [6.07, 6.45) is 10.8. The van der Waals surface area contributed by atoms with E-state index in [1.807, 2.05) is 0 Å². The van der Waals surface area contributed by atoms with Crippen molar-refractivity contribution in [2.75, 3.05) is 0 Å². The molecule has 0 unspecified atom stereocenters. The van der Waals surface area contributed by atoms with E-state index in [9.17, 15) is 9.90 Å². The summed E-state index contributed by atoms with van der Waals surface area (Å²) in [6, 6.07) is 0.574. The van der Waals surface area contributed by atoms with Crippen LogP contribution in [0.3, 0.4) is 0 Å². The first kappa shape index (κ1) is 12.7. The molecule has 0 spiro atoms. The standard InChI is InChI=1S/C13H24N2O2/c16-13(17)15(12-9-5-2-6-10-12)14-11-7-3-1-4-8-11/h11-12,14H,1-10H2,(H,16,17). The van der Waals surface area contributed by atoms with Crippen molar-refractivity contribution >= 4 is 6.09 Å². The van der Waals surface area contributed by atoms with E-state index in [-0.39, 0.29) is 6.04 Å². The third-order valence-corrected chi connectivity index (χ3v) is 4.07. The molecule has 0 aliphatic heterocycles. The maximum absolute atomic E-state index is 11.3. The van der Waals surface area contributed by atoms with Crippen molar-refractivity contribution in [3.8, 4) is 0 Å². The van der Waals surface area contributed by atoms with Crippen LogP contribution in [0.1, 0.15) is 64.2 Å². The number of rotatable bonds is 3. The molecule has 2 saturated carbocycles. The fourth-order valence-electron chi connectivity index (χ4n) is 3.08. The predicted molar refractivity (Wildman–Crippen MR) is 66.7 cm³/mol. The minimum atomic E-state index is -0.803. The Kier molecular flexibility index (Phi) is 4.66. The van der Waals surface area contributed by atoms with Gasteiger partial charge in [0.2, 0.25) is 0 Å². The van der Waals surface area contributed by atoms with E-state index in [1.165, 1.54) is 43.5 Å². The maximum Gasteiger partial charge on any atom is 0.422 e. The monoisotopic (exact) mass is 240 g/mol. The average molecular weight is 240 g/mol. The first-order chi connectivity index (χ1) is 8.27. The van der Waals surface area contributed by atoms with Gasteiger partial charge in [0.25, 0.3) is 0 Å². The van der Waals surface area contributed by atoms with E-state index < -0.39 is 6.09 Å². The van der Waals surface area contributed by atoms with Crippen LogP contribution in [0.5, 0.6) is 0 Å². The molecular weight excluding hydrogens is 216 g/mol. The van der Waals surface area contributed by atoms with Crippen LogP contribution < -0.4 is 5.43 Å². The lowest BCUT2D eigenvalue weighted by Crippen LogP contribution is -2.53. The summed E-state index contributed by atoms with van der Waals surface area (Å²) in [5.41, 5.74) is 3.26. The third kappa shape index (κ3) is 3.60. The van der Waals surface area contributed by atoms with E-state index in [0.717, 1.165) is 25.7 Å². The number of amides is 1. The highest BCUT2D eigenvalue weighted by Crippen LogP contribution is 2.23. The lowest BCUT2D eigenvalue weighted by molar-refractivity contribution is 0.0604. The van der Waals surface area contributed by atoms with Crippen LogP contribution in [0.2, 0.25) is 0 Å². The Labute approximate surface area is 103 Å². The number of hydrazine groups is 1. The highest BCUT2D eigenvalue weighted by molar-refractivity contribution is 5.64. The number of carboxylic acid groups (broad SMARTS) is 1. The summed E-state index contributed by atoms with van der Waals surface area (Å²) < 4.78 is 0. The van der Waals surface area contributed by atoms with Crippen molar-refractivity contribution in [3.63, 3.8) is 0 Å². The lowest BCUT2D eigenvalue weighted by atomic mass is 9.94. The van der Waals surface area contributed by atoms with Gasteiger partial charge in [0, 0.05) is 6.04 Å². The minimum Gasteiger partial charge on any atom is -0.464 e. The molecule has 2 aliphatic carbocycles. The number of hydrogen-bond acceptors (Lipinski definition) is 2. The minimum absolute atomic E-state index is 0.197. The van der Waals surface area contributed by atoms with E-state index in [0.29, 0.717) is 6.04 Å². The molecule has 4 heteroatoms. The van der Waals surface area contributed by atoms with Gasteiger partial charge < -0.3 is 5.11 Å². The van der Waals surface area contributed by atoms with Gasteiger partial charge in [-0.1, -0.05) is 38.5 Å². The fourth-order valence-corrected chi connectivity index (χ4v) is 3.08. The van der Waals surface area contributed by atoms with Gasteiger partial charge in [-0.05, 0) is 25.7 Å². The first-order valence-corrected chi connectivity index (χ1v) is 7.05. The van der Waals surface area contributed by atoms with Crippen molar-refractivity contribution < 1.29 is 9.90 Å². The van der Waals surface area contributed by atoms with Gasteiger partial charge in [0.15, 0.2) is 0 Å². The normalized spacial score (nSPS) is 23.5. The Balaban J connectivity index is 1.88.